The third-order valence-corrected chi connectivity index (χ3v) is 3.88. The smallest absolute Gasteiger partial charge is 0.127 e. The standard InChI is InChI=1S/C14H17BrN2O2/c1-9-16-14(15)12(17(9)2)7-10-5-6-11(18-3)8-13(10)19-4/h5-6,8H,7H2,1-4H3. The van der Waals surface area contributed by atoms with Crippen molar-refractivity contribution in [3.05, 3.63) is 39.9 Å². The number of aromatic nitrogens is 2. The number of hydrogen-bond acceptors (Lipinski definition) is 3. The van der Waals surface area contributed by atoms with Crippen LogP contribution in [0.3, 0.4) is 0 Å². The third-order valence-electron chi connectivity index (χ3n) is 3.24. The quantitative estimate of drug-likeness (QED) is 0.867. The van der Waals surface area contributed by atoms with E-state index in [2.05, 4.69) is 25.5 Å². The minimum Gasteiger partial charge on any atom is -0.497 e. The van der Waals surface area contributed by atoms with Crippen LogP contribution in [0.5, 0.6) is 11.5 Å². The van der Waals surface area contributed by atoms with Gasteiger partial charge in [-0.1, -0.05) is 6.07 Å². The van der Waals surface area contributed by atoms with E-state index in [0.29, 0.717) is 0 Å². The van der Waals surface area contributed by atoms with Crippen LogP contribution in [0.1, 0.15) is 17.1 Å². The number of imidazole rings is 1. The van der Waals surface area contributed by atoms with Gasteiger partial charge in [-0.2, -0.15) is 0 Å². The molecule has 1 heterocycles. The van der Waals surface area contributed by atoms with E-state index in [1.54, 1.807) is 14.2 Å². The molecule has 0 atom stereocenters. The molecular weight excluding hydrogens is 308 g/mol. The number of halogens is 1. The summed E-state index contributed by atoms with van der Waals surface area (Å²) in [7, 11) is 5.33. The fourth-order valence-electron chi connectivity index (χ4n) is 1.99. The highest BCUT2D eigenvalue weighted by atomic mass is 79.9. The van der Waals surface area contributed by atoms with Crippen molar-refractivity contribution in [1.82, 2.24) is 9.55 Å². The average molecular weight is 325 g/mol. The summed E-state index contributed by atoms with van der Waals surface area (Å²) in [5.74, 6) is 2.60. The minimum atomic E-state index is 0.755. The lowest BCUT2D eigenvalue weighted by Gasteiger charge is -2.11. The molecule has 102 valence electrons. The van der Waals surface area contributed by atoms with E-state index in [4.69, 9.17) is 9.47 Å². The van der Waals surface area contributed by atoms with Gasteiger partial charge >= 0.3 is 0 Å². The van der Waals surface area contributed by atoms with Gasteiger partial charge in [0.05, 0.1) is 19.9 Å². The Balaban J connectivity index is 2.37. The molecule has 0 amide bonds. The first-order valence-corrected chi connectivity index (χ1v) is 6.74. The van der Waals surface area contributed by atoms with Crippen LogP contribution < -0.4 is 9.47 Å². The van der Waals surface area contributed by atoms with Crippen LogP contribution in [0.4, 0.5) is 0 Å². The van der Waals surface area contributed by atoms with Gasteiger partial charge < -0.3 is 14.0 Å². The third kappa shape index (κ3) is 2.76. The van der Waals surface area contributed by atoms with Crippen LogP contribution in [-0.2, 0) is 13.5 Å². The second-order valence-corrected chi connectivity index (χ2v) is 5.06. The maximum Gasteiger partial charge on any atom is 0.127 e. The molecular formula is C14H17BrN2O2. The van der Waals surface area contributed by atoms with Gasteiger partial charge in [-0.15, -0.1) is 0 Å². The van der Waals surface area contributed by atoms with Crippen LogP contribution in [0.15, 0.2) is 22.8 Å². The van der Waals surface area contributed by atoms with Crippen molar-refractivity contribution < 1.29 is 9.47 Å². The van der Waals surface area contributed by atoms with E-state index >= 15 is 0 Å². The van der Waals surface area contributed by atoms with Gasteiger partial charge in [0.1, 0.15) is 21.9 Å². The molecule has 19 heavy (non-hydrogen) atoms. The summed E-state index contributed by atoms with van der Waals surface area (Å²) in [6, 6.07) is 5.86. The Morgan fingerprint density at radius 1 is 1.26 bits per heavy atom. The number of methoxy groups -OCH3 is 2. The van der Waals surface area contributed by atoms with E-state index in [-0.39, 0.29) is 0 Å². The van der Waals surface area contributed by atoms with Crippen molar-refractivity contribution in [3.8, 4) is 11.5 Å². The highest BCUT2D eigenvalue weighted by Gasteiger charge is 2.13. The second kappa shape index (κ2) is 5.65. The highest BCUT2D eigenvalue weighted by Crippen LogP contribution is 2.28. The molecule has 0 saturated carbocycles. The summed E-state index contributed by atoms with van der Waals surface area (Å²) in [6.45, 7) is 1.99. The maximum atomic E-state index is 5.42. The molecule has 0 fully saturated rings. The molecule has 4 nitrogen and oxygen atoms in total. The largest absolute Gasteiger partial charge is 0.497 e. The van der Waals surface area contributed by atoms with Gasteiger partial charge in [0, 0.05) is 25.1 Å². The molecule has 5 heteroatoms. The zero-order chi connectivity index (χ0) is 14.0. The van der Waals surface area contributed by atoms with Crippen molar-refractivity contribution >= 4 is 15.9 Å². The first-order chi connectivity index (χ1) is 9.06. The van der Waals surface area contributed by atoms with Crippen molar-refractivity contribution in [2.75, 3.05) is 14.2 Å². The number of nitrogens with zero attached hydrogens (tertiary/aromatic N) is 2. The lowest BCUT2D eigenvalue weighted by atomic mass is 10.1. The molecule has 0 unspecified atom stereocenters. The Labute approximate surface area is 121 Å². The Bertz CT molecular complexity index is 593. The zero-order valence-corrected chi connectivity index (χ0v) is 13.1. The monoisotopic (exact) mass is 324 g/mol. The lowest BCUT2D eigenvalue weighted by Crippen LogP contribution is -2.01. The van der Waals surface area contributed by atoms with Gasteiger partial charge in [-0.3, -0.25) is 0 Å². The van der Waals surface area contributed by atoms with E-state index in [0.717, 1.165) is 39.6 Å². The number of aryl methyl sites for hydroxylation is 1. The predicted molar refractivity (Wildman–Crippen MR) is 78.0 cm³/mol. The fraction of sp³-hybridized carbons (Fsp3) is 0.357. The second-order valence-electron chi connectivity index (χ2n) is 4.31. The summed E-state index contributed by atoms with van der Waals surface area (Å²) >= 11 is 3.50. The lowest BCUT2D eigenvalue weighted by molar-refractivity contribution is 0.391. The molecule has 0 spiro atoms. The fourth-order valence-corrected chi connectivity index (χ4v) is 2.65. The molecule has 0 radical (unpaired) electrons. The summed E-state index contributed by atoms with van der Waals surface area (Å²) < 4.78 is 13.6. The maximum absolute atomic E-state index is 5.42. The number of rotatable bonds is 4. The van der Waals surface area contributed by atoms with Crippen LogP contribution in [-0.4, -0.2) is 23.8 Å². The van der Waals surface area contributed by atoms with Crippen LogP contribution in [0.2, 0.25) is 0 Å². The van der Waals surface area contributed by atoms with Crippen LogP contribution in [0, 0.1) is 6.92 Å². The molecule has 0 aliphatic rings. The van der Waals surface area contributed by atoms with Crippen LogP contribution >= 0.6 is 15.9 Å². The zero-order valence-electron chi connectivity index (χ0n) is 11.5. The highest BCUT2D eigenvalue weighted by molar-refractivity contribution is 9.10. The normalized spacial score (nSPS) is 10.6. The Hall–Kier alpha value is -1.49. The molecule has 0 aliphatic carbocycles. The van der Waals surface area contributed by atoms with E-state index in [1.807, 2.05) is 32.2 Å². The molecule has 1 aromatic carbocycles. The first kappa shape index (κ1) is 13.9. The SMILES string of the molecule is COc1ccc(Cc2c(Br)nc(C)n2C)c(OC)c1. The van der Waals surface area contributed by atoms with Crippen molar-refractivity contribution in [2.45, 2.75) is 13.3 Å². The van der Waals surface area contributed by atoms with E-state index in [1.165, 1.54) is 0 Å². The van der Waals surface area contributed by atoms with E-state index in [9.17, 15) is 0 Å². The Morgan fingerprint density at radius 3 is 2.53 bits per heavy atom. The molecule has 0 saturated heterocycles. The number of benzene rings is 1. The van der Waals surface area contributed by atoms with Gasteiger partial charge in [0.25, 0.3) is 0 Å². The first-order valence-electron chi connectivity index (χ1n) is 5.95. The number of ether oxygens (including phenoxy) is 2. The van der Waals surface area contributed by atoms with E-state index < -0.39 is 0 Å². The van der Waals surface area contributed by atoms with Crippen molar-refractivity contribution in [1.29, 1.82) is 0 Å². The van der Waals surface area contributed by atoms with Gasteiger partial charge in [-0.25, -0.2) is 4.98 Å². The minimum absolute atomic E-state index is 0.755. The van der Waals surface area contributed by atoms with Crippen molar-refractivity contribution in [2.24, 2.45) is 7.05 Å². The molecule has 1 aromatic heterocycles. The molecule has 0 bridgehead atoms. The molecule has 2 rings (SSSR count). The summed E-state index contributed by atoms with van der Waals surface area (Å²) in [5.41, 5.74) is 2.23. The summed E-state index contributed by atoms with van der Waals surface area (Å²) in [6.07, 6.45) is 0.755. The molecule has 0 aliphatic heterocycles. The predicted octanol–water partition coefficient (Wildman–Crippen LogP) is 3.10. The topological polar surface area (TPSA) is 36.3 Å². The van der Waals surface area contributed by atoms with Gasteiger partial charge in [0.2, 0.25) is 0 Å². The Kier molecular flexibility index (Phi) is 4.14. The number of hydrogen-bond donors (Lipinski definition) is 0. The van der Waals surface area contributed by atoms with Crippen LogP contribution in [0.25, 0.3) is 0 Å². The van der Waals surface area contributed by atoms with Gasteiger partial charge in [-0.05, 0) is 28.9 Å². The van der Waals surface area contributed by atoms with Crippen molar-refractivity contribution in [3.63, 3.8) is 0 Å². The Morgan fingerprint density at radius 2 is 2.00 bits per heavy atom. The van der Waals surface area contributed by atoms with Gasteiger partial charge in [0.15, 0.2) is 0 Å². The summed E-state index contributed by atoms with van der Waals surface area (Å²) in [5, 5.41) is 0. The molecule has 0 N–H and O–H groups in total. The summed E-state index contributed by atoms with van der Waals surface area (Å²) in [4.78, 5) is 4.41. The average Bonchev–Trinajstić information content (AvgIpc) is 2.65. The molecule has 2 aromatic rings.